The Morgan fingerprint density at radius 1 is 1.15 bits per heavy atom. The van der Waals surface area contributed by atoms with Crippen molar-refractivity contribution in [2.24, 2.45) is 0 Å². The van der Waals surface area contributed by atoms with Gasteiger partial charge in [-0.05, 0) is 43.8 Å². The van der Waals surface area contributed by atoms with Gasteiger partial charge in [0.15, 0.2) is 11.5 Å². The number of nitrogens with one attached hydrogen (secondary N) is 1. The quantitative estimate of drug-likeness (QED) is 0.749. The number of likely N-dealkylation sites (N-methyl/N-ethyl adjacent to an activating group) is 1. The van der Waals surface area contributed by atoms with E-state index in [9.17, 15) is 4.79 Å². The Morgan fingerprint density at radius 3 is 2.50 bits per heavy atom. The maximum atomic E-state index is 12.5. The van der Waals surface area contributed by atoms with E-state index in [1.165, 1.54) is 0 Å². The number of nitrogens with zero attached hydrogens (tertiary/aromatic N) is 1. The second kappa shape index (κ2) is 9.12. The Balaban J connectivity index is 2.05. The number of hydrogen-bond donors (Lipinski definition) is 1. The van der Waals surface area contributed by atoms with E-state index >= 15 is 0 Å². The van der Waals surface area contributed by atoms with Crippen LogP contribution in [0.4, 0.5) is 5.69 Å². The third kappa shape index (κ3) is 4.81. The Hall–Kier alpha value is -1.95. The van der Waals surface area contributed by atoms with Gasteiger partial charge in [-0.1, -0.05) is 35.3 Å². The number of methoxy groups -OCH3 is 2. The largest absolute Gasteiger partial charge is 0.493 e. The summed E-state index contributed by atoms with van der Waals surface area (Å²) in [5, 5.41) is 3.55. The van der Waals surface area contributed by atoms with E-state index < -0.39 is 0 Å². The minimum absolute atomic E-state index is 0.169. The number of ether oxygens (including phenoxy) is 2. The fourth-order valence-corrected chi connectivity index (χ4v) is 2.79. The van der Waals surface area contributed by atoms with Crippen LogP contribution in [-0.2, 0) is 11.3 Å². The van der Waals surface area contributed by atoms with E-state index in [4.69, 9.17) is 32.7 Å². The molecule has 1 N–H and O–H groups in total. The topological polar surface area (TPSA) is 50.8 Å². The van der Waals surface area contributed by atoms with Gasteiger partial charge in [0.2, 0.25) is 5.91 Å². The second-order valence-corrected chi connectivity index (χ2v) is 6.66. The number of halogens is 2. The lowest BCUT2D eigenvalue weighted by Gasteiger charge is -2.24. The van der Waals surface area contributed by atoms with E-state index in [0.717, 1.165) is 5.56 Å². The molecule has 2 rings (SSSR count). The molecule has 0 aromatic heterocycles. The summed E-state index contributed by atoms with van der Waals surface area (Å²) in [6.07, 6.45) is 0. The Kier molecular flexibility index (Phi) is 7.14. The number of carbonyl (C=O) groups is 1. The van der Waals surface area contributed by atoms with Crippen LogP contribution in [-0.4, -0.2) is 38.1 Å². The van der Waals surface area contributed by atoms with Gasteiger partial charge < -0.3 is 14.8 Å². The summed E-state index contributed by atoms with van der Waals surface area (Å²) in [4.78, 5) is 14.5. The molecular formula is C19H22Cl2N2O3. The van der Waals surface area contributed by atoms with Crippen LogP contribution in [0.25, 0.3) is 0 Å². The van der Waals surface area contributed by atoms with Gasteiger partial charge >= 0.3 is 0 Å². The average Bonchev–Trinajstić information content (AvgIpc) is 2.64. The van der Waals surface area contributed by atoms with Crippen molar-refractivity contribution in [1.82, 2.24) is 4.90 Å². The zero-order valence-electron chi connectivity index (χ0n) is 15.2. The van der Waals surface area contributed by atoms with E-state index in [-0.39, 0.29) is 11.9 Å². The van der Waals surface area contributed by atoms with Crippen molar-refractivity contribution >= 4 is 34.8 Å². The summed E-state index contributed by atoms with van der Waals surface area (Å²) in [7, 11) is 5.06. The summed E-state index contributed by atoms with van der Waals surface area (Å²) in [6, 6.07) is 10.4. The van der Waals surface area contributed by atoms with Crippen molar-refractivity contribution in [3.8, 4) is 11.5 Å². The van der Waals surface area contributed by atoms with Gasteiger partial charge in [-0.25, -0.2) is 0 Å². The summed E-state index contributed by atoms with van der Waals surface area (Å²) in [6.45, 7) is 2.40. The van der Waals surface area contributed by atoms with Crippen molar-refractivity contribution in [2.75, 3.05) is 26.6 Å². The molecule has 2 aromatic carbocycles. The molecule has 1 amide bonds. The summed E-state index contributed by atoms with van der Waals surface area (Å²) in [5.74, 6) is 1.15. The molecule has 0 aliphatic heterocycles. The van der Waals surface area contributed by atoms with Gasteiger partial charge in [0.25, 0.3) is 0 Å². The van der Waals surface area contributed by atoms with Crippen molar-refractivity contribution in [1.29, 1.82) is 0 Å². The van der Waals surface area contributed by atoms with E-state index in [1.54, 1.807) is 32.4 Å². The second-order valence-electron chi connectivity index (χ2n) is 5.87. The minimum Gasteiger partial charge on any atom is -0.493 e. The van der Waals surface area contributed by atoms with E-state index in [2.05, 4.69) is 5.32 Å². The van der Waals surface area contributed by atoms with Crippen molar-refractivity contribution < 1.29 is 14.3 Å². The summed E-state index contributed by atoms with van der Waals surface area (Å²) < 4.78 is 10.6. The smallest absolute Gasteiger partial charge is 0.241 e. The van der Waals surface area contributed by atoms with Crippen LogP contribution in [0.3, 0.4) is 0 Å². The van der Waals surface area contributed by atoms with Crippen molar-refractivity contribution in [2.45, 2.75) is 19.5 Å². The molecule has 0 unspecified atom stereocenters. The first-order valence-corrected chi connectivity index (χ1v) is 8.79. The number of amides is 1. The zero-order chi connectivity index (χ0) is 19.3. The molecule has 26 heavy (non-hydrogen) atoms. The average molecular weight is 397 g/mol. The maximum Gasteiger partial charge on any atom is 0.241 e. The van der Waals surface area contributed by atoms with Gasteiger partial charge in [-0.2, -0.15) is 0 Å². The minimum atomic E-state index is -0.377. The fraction of sp³-hybridized carbons (Fsp3) is 0.316. The lowest BCUT2D eigenvalue weighted by atomic mass is 10.1. The van der Waals surface area contributed by atoms with Crippen LogP contribution in [0.5, 0.6) is 11.5 Å². The highest BCUT2D eigenvalue weighted by Crippen LogP contribution is 2.30. The van der Waals surface area contributed by atoms with Crippen molar-refractivity contribution in [3.05, 3.63) is 52.0 Å². The molecule has 1 atom stereocenters. The number of hydrogen-bond acceptors (Lipinski definition) is 4. The van der Waals surface area contributed by atoms with Gasteiger partial charge in [0.05, 0.1) is 36.0 Å². The molecule has 0 radical (unpaired) electrons. The Bertz CT molecular complexity index is 783. The standard InChI is InChI=1S/C19H22Cl2N2O3/c1-12(19(24)22-15-7-5-6-14(20)18(15)21)23(2)11-13-8-9-16(25-3)17(10-13)26-4/h5-10,12H,11H2,1-4H3,(H,22,24)/t12-/m0/s1. The van der Waals surface area contributed by atoms with Crippen LogP contribution in [0.2, 0.25) is 10.0 Å². The number of anilines is 1. The van der Waals surface area contributed by atoms with Crippen LogP contribution in [0.15, 0.2) is 36.4 Å². The van der Waals surface area contributed by atoms with Gasteiger partial charge in [0.1, 0.15) is 0 Å². The SMILES string of the molecule is COc1ccc(CN(C)[C@@H](C)C(=O)Nc2cccc(Cl)c2Cl)cc1OC. The molecule has 5 nitrogen and oxygen atoms in total. The molecule has 0 heterocycles. The highest BCUT2D eigenvalue weighted by molar-refractivity contribution is 6.44. The monoisotopic (exact) mass is 396 g/mol. The molecule has 2 aromatic rings. The molecule has 0 saturated carbocycles. The van der Waals surface area contributed by atoms with Gasteiger partial charge in [0, 0.05) is 6.54 Å². The summed E-state index contributed by atoms with van der Waals surface area (Å²) >= 11 is 12.1. The predicted octanol–water partition coefficient (Wildman–Crippen LogP) is 4.47. The molecular weight excluding hydrogens is 375 g/mol. The van der Waals surface area contributed by atoms with Crippen molar-refractivity contribution in [3.63, 3.8) is 0 Å². The lowest BCUT2D eigenvalue weighted by molar-refractivity contribution is -0.120. The molecule has 0 saturated heterocycles. The highest BCUT2D eigenvalue weighted by Gasteiger charge is 2.20. The third-order valence-electron chi connectivity index (χ3n) is 4.13. The Morgan fingerprint density at radius 2 is 1.85 bits per heavy atom. The molecule has 0 aliphatic rings. The van der Waals surface area contributed by atoms with E-state index in [1.807, 2.05) is 37.1 Å². The molecule has 7 heteroatoms. The third-order valence-corrected chi connectivity index (χ3v) is 4.95. The predicted molar refractivity (Wildman–Crippen MR) is 106 cm³/mol. The number of carbonyl (C=O) groups excluding carboxylic acids is 1. The molecule has 140 valence electrons. The zero-order valence-corrected chi connectivity index (χ0v) is 16.7. The molecule has 0 aliphatic carbocycles. The number of rotatable bonds is 7. The molecule has 0 fully saturated rings. The first-order valence-electron chi connectivity index (χ1n) is 8.03. The van der Waals surface area contributed by atoms with Crippen LogP contribution < -0.4 is 14.8 Å². The van der Waals surface area contributed by atoms with E-state index in [0.29, 0.717) is 33.8 Å². The Labute approximate surface area is 163 Å². The first kappa shape index (κ1) is 20.4. The molecule has 0 bridgehead atoms. The van der Waals surface area contributed by atoms with Crippen LogP contribution >= 0.6 is 23.2 Å². The first-order chi connectivity index (χ1) is 12.4. The molecule has 0 spiro atoms. The van der Waals surface area contributed by atoms with Crippen LogP contribution in [0.1, 0.15) is 12.5 Å². The fourth-order valence-electron chi connectivity index (χ4n) is 2.44. The highest BCUT2D eigenvalue weighted by atomic mass is 35.5. The van der Waals surface area contributed by atoms with Gasteiger partial charge in [-0.15, -0.1) is 0 Å². The maximum absolute atomic E-state index is 12.5. The van der Waals surface area contributed by atoms with Crippen LogP contribution in [0, 0.1) is 0 Å². The lowest BCUT2D eigenvalue weighted by Crippen LogP contribution is -2.39. The normalized spacial score (nSPS) is 12.0. The summed E-state index contributed by atoms with van der Waals surface area (Å²) in [5.41, 5.74) is 1.50. The van der Waals surface area contributed by atoms with Gasteiger partial charge in [-0.3, -0.25) is 9.69 Å². The number of benzene rings is 2.